The number of fused-ring (bicyclic) bond motifs is 1. The summed E-state index contributed by atoms with van der Waals surface area (Å²) < 4.78 is 2.15. The monoisotopic (exact) mass is 276 g/mol. The van der Waals surface area contributed by atoms with E-state index in [1.54, 1.807) is 0 Å². The molecule has 1 N–H and O–H groups in total. The van der Waals surface area contributed by atoms with Crippen LogP contribution in [0.3, 0.4) is 0 Å². The van der Waals surface area contributed by atoms with Crippen LogP contribution in [-0.2, 0) is 19.5 Å². The van der Waals surface area contributed by atoms with E-state index < -0.39 is 0 Å². The molecule has 5 nitrogen and oxygen atoms in total. The quantitative estimate of drug-likeness (QED) is 0.932. The normalized spacial score (nSPS) is 14.7. The number of carbonyl (C=O) groups is 1. The molecule has 0 radical (unpaired) electrons. The minimum Gasteiger partial charge on any atom is -0.345 e. The first-order valence-electron chi connectivity index (χ1n) is 6.56. The van der Waals surface area contributed by atoms with Crippen LogP contribution in [0.1, 0.15) is 41.3 Å². The van der Waals surface area contributed by atoms with Gasteiger partial charge >= 0.3 is 0 Å². The Labute approximate surface area is 115 Å². The third-order valence-electron chi connectivity index (χ3n) is 3.38. The lowest BCUT2D eigenvalue weighted by atomic mass is 10.2. The van der Waals surface area contributed by atoms with Crippen LogP contribution in [0, 0.1) is 0 Å². The molecular formula is C13H16N4OS. The van der Waals surface area contributed by atoms with Crippen LogP contribution in [0.4, 0.5) is 0 Å². The lowest BCUT2D eigenvalue weighted by Gasteiger charge is -2.07. The lowest BCUT2D eigenvalue weighted by Crippen LogP contribution is -2.24. The summed E-state index contributed by atoms with van der Waals surface area (Å²) in [6.07, 6.45) is 4.57. The molecule has 1 aliphatic rings. The van der Waals surface area contributed by atoms with E-state index in [0.717, 1.165) is 31.0 Å². The summed E-state index contributed by atoms with van der Waals surface area (Å²) >= 11 is 1.52. The van der Waals surface area contributed by atoms with Gasteiger partial charge in [-0.1, -0.05) is 6.42 Å². The molecule has 0 aromatic carbocycles. The Kier molecular flexibility index (Phi) is 3.59. The van der Waals surface area contributed by atoms with E-state index in [2.05, 4.69) is 20.1 Å². The molecule has 0 aliphatic carbocycles. The first-order valence-corrected chi connectivity index (χ1v) is 7.50. The number of aryl methyl sites for hydroxylation is 1. The maximum absolute atomic E-state index is 11.9. The summed E-state index contributed by atoms with van der Waals surface area (Å²) in [5.41, 5.74) is 0.709. The number of nitrogens with zero attached hydrogens (tertiary/aromatic N) is 3. The standard InChI is InChI=1S/C13H16N4OS/c18-13(10-5-7-19-9-10)14-8-12-16-15-11-4-2-1-3-6-17(11)12/h5,7,9H,1-4,6,8H2,(H,14,18). The van der Waals surface area contributed by atoms with Crippen LogP contribution in [0.5, 0.6) is 0 Å². The number of amides is 1. The van der Waals surface area contributed by atoms with Crippen molar-refractivity contribution in [2.24, 2.45) is 0 Å². The summed E-state index contributed by atoms with van der Waals surface area (Å²) in [6.45, 7) is 1.41. The van der Waals surface area contributed by atoms with Crippen molar-refractivity contribution < 1.29 is 4.79 Å². The SMILES string of the molecule is O=C(NCc1nnc2n1CCCCC2)c1ccsc1. The largest absolute Gasteiger partial charge is 0.345 e. The van der Waals surface area contributed by atoms with Crippen LogP contribution < -0.4 is 5.32 Å². The zero-order valence-electron chi connectivity index (χ0n) is 10.6. The molecule has 3 heterocycles. The van der Waals surface area contributed by atoms with Gasteiger partial charge in [0, 0.05) is 23.9 Å². The minimum atomic E-state index is -0.0489. The average Bonchev–Trinajstić information content (AvgIpc) is 3.02. The minimum absolute atomic E-state index is 0.0489. The second-order valence-electron chi connectivity index (χ2n) is 4.69. The smallest absolute Gasteiger partial charge is 0.252 e. The van der Waals surface area contributed by atoms with Gasteiger partial charge in [-0.2, -0.15) is 11.3 Å². The van der Waals surface area contributed by atoms with Gasteiger partial charge in [0.05, 0.1) is 6.54 Å². The molecule has 2 aromatic heterocycles. The molecule has 0 bridgehead atoms. The first kappa shape index (κ1) is 12.3. The molecule has 0 saturated carbocycles. The van der Waals surface area contributed by atoms with E-state index in [-0.39, 0.29) is 5.91 Å². The topological polar surface area (TPSA) is 59.8 Å². The van der Waals surface area contributed by atoms with Crippen molar-refractivity contribution in [3.05, 3.63) is 34.0 Å². The van der Waals surface area contributed by atoms with Gasteiger partial charge in [0.1, 0.15) is 5.82 Å². The third kappa shape index (κ3) is 2.68. The molecule has 100 valence electrons. The van der Waals surface area contributed by atoms with Crippen molar-refractivity contribution in [1.82, 2.24) is 20.1 Å². The number of hydrogen-bond acceptors (Lipinski definition) is 4. The average molecular weight is 276 g/mol. The predicted molar refractivity (Wildman–Crippen MR) is 73.1 cm³/mol. The van der Waals surface area contributed by atoms with E-state index in [9.17, 15) is 4.79 Å². The number of thiophene rings is 1. The summed E-state index contributed by atoms with van der Waals surface area (Å²) in [5, 5.41) is 15.1. The second-order valence-corrected chi connectivity index (χ2v) is 5.47. The Morgan fingerprint density at radius 3 is 3.16 bits per heavy atom. The van der Waals surface area contributed by atoms with E-state index in [1.807, 2.05) is 16.8 Å². The number of hydrogen-bond donors (Lipinski definition) is 1. The van der Waals surface area contributed by atoms with Gasteiger partial charge in [0.15, 0.2) is 5.82 Å². The van der Waals surface area contributed by atoms with Crippen molar-refractivity contribution in [2.45, 2.75) is 38.8 Å². The fourth-order valence-corrected chi connectivity index (χ4v) is 2.97. The zero-order valence-corrected chi connectivity index (χ0v) is 11.4. The maximum Gasteiger partial charge on any atom is 0.252 e. The van der Waals surface area contributed by atoms with Crippen molar-refractivity contribution in [3.63, 3.8) is 0 Å². The van der Waals surface area contributed by atoms with Crippen LogP contribution in [0.25, 0.3) is 0 Å². The summed E-state index contributed by atoms with van der Waals surface area (Å²) in [6, 6.07) is 1.82. The van der Waals surface area contributed by atoms with Gasteiger partial charge in [-0.15, -0.1) is 10.2 Å². The summed E-state index contributed by atoms with van der Waals surface area (Å²) in [7, 11) is 0. The molecule has 1 amide bonds. The van der Waals surface area contributed by atoms with Crippen molar-refractivity contribution >= 4 is 17.2 Å². The number of aromatic nitrogens is 3. The Morgan fingerprint density at radius 2 is 2.32 bits per heavy atom. The molecule has 3 rings (SSSR count). The highest BCUT2D eigenvalue weighted by atomic mass is 32.1. The van der Waals surface area contributed by atoms with Crippen molar-refractivity contribution in [3.8, 4) is 0 Å². The predicted octanol–water partition coefficient (Wildman–Crippen LogP) is 2.00. The Morgan fingerprint density at radius 1 is 1.37 bits per heavy atom. The molecule has 0 atom stereocenters. The molecule has 6 heteroatoms. The lowest BCUT2D eigenvalue weighted by molar-refractivity contribution is 0.0950. The van der Waals surface area contributed by atoms with Crippen LogP contribution in [0.15, 0.2) is 16.8 Å². The fourth-order valence-electron chi connectivity index (χ4n) is 2.33. The van der Waals surface area contributed by atoms with Gasteiger partial charge in [-0.25, -0.2) is 0 Å². The van der Waals surface area contributed by atoms with Crippen LogP contribution in [0.2, 0.25) is 0 Å². The highest BCUT2D eigenvalue weighted by molar-refractivity contribution is 7.08. The highest BCUT2D eigenvalue weighted by Crippen LogP contribution is 2.14. The second kappa shape index (κ2) is 5.52. The van der Waals surface area contributed by atoms with E-state index >= 15 is 0 Å². The van der Waals surface area contributed by atoms with E-state index in [0.29, 0.717) is 12.1 Å². The van der Waals surface area contributed by atoms with Gasteiger partial charge in [-0.05, 0) is 24.3 Å². The molecule has 0 unspecified atom stereocenters. The fraction of sp³-hybridized carbons (Fsp3) is 0.462. The third-order valence-corrected chi connectivity index (χ3v) is 4.06. The van der Waals surface area contributed by atoms with E-state index in [4.69, 9.17) is 0 Å². The molecule has 2 aromatic rings. The van der Waals surface area contributed by atoms with Crippen LogP contribution >= 0.6 is 11.3 Å². The summed E-state index contributed by atoms with van der Waals surface area (Å²) in [4.78, 5) is 11.9. The maximum atomic E-state index is 11.9. The Bertz CT molecular complexity index is 561. The van der Waals surface area contributed by atoms with Gasteiger partial charge in [-0.3, -0.25) is 4.79 Å². The number of nitrogens with one attached hydrogen (secondary N) is 1. The molecule has 1 aliphatic heterocycles. The van der Waals surface area contributed by atoms with Crippen LogP contribution in [-0.4, -0.2) is 20.7 Å². The molecule has 0 saturated heterocycles. The molecule has 0 fully saturated rings. The van der Waals surface area contributed by atoms with Gasteiger partial charge in [0.25, 0.3) is 5.91 Å². The highest BCUT2D eigenvalue weighted by Gasteiger charge is 2.15. The number of carbonyl (C=O) groups excluding carboxylic acids is 1. The molecular weight excluding hydrogens is 260 g/mol. The Balaban J connectivity index is 1.67. The number of rotatable bonds is 3. The van der Waals surface area contributed by atoms with E-state index in [1.165, 1.54) is 24.2 Å². The molecule has 0 spiro atoms. The first-order chi connectivity index (χ1) is 9.34. The Hall–Kier alpha value is -1.69. The van der Waals surface area contributed by atoms with Crippen molar-refractivity contribution in [2.75, 3.05) is 0 Å². The summed E-state index contributed by atoms with van der Waals surface area (Å²) in [5.74, 6) is 1.87. The van der Waals surface area contributed by atoms with Crippen molar-refractivity contribution in [1.29, 1.82) is 0 Å². The van der Waals surface area contributed by atoms with Gasteiger partial charge in [0.2, 0.25) is 0 Å². The molecule has 19 heavy (non-hydrogen) atoms. The zero-order chi connectivity index (χ0) is 13.1. The van der Waals surface area contributed by atoms with Gasteiger partial charge < -0.3 is 9.88 Å².